The van der Waals surface area contributed by atoms with Crippen LogP contribution < -0.4 is 4.74 Å². The van der Waals surface area contributed by atoms with Gasteiger partial charge in [-0.2, -0.15) is 0 Å². The highest BCUT2D eigenvalue weighted by Crippen LogP contribution is 2.26. The van der Waals surface area contributed by atoms with E-state index in [-0.39, 0.29) is 24.5 Å². The Bertz CT molecular complexity index is 1170. The Morgan fingerprint density at radius 2 is 1.63 bits per heavy atom. The molecule has 182 valence electrons. The molecule has 2 amide bonds. The van der Waals surface area contributed by atoms with Gasteiger partial charge in [-0.1, -0.05) is 53.5 Å². The van der Waals surface area contributed by atoms with E-state index in [9.17, 15) is 9.59 Å². The molecule has 7 heteroatoms. The lowest BCUT2D eigenvalue weighted by Gasteiger charge is -2.33. The van der Waals surface area contributed by atoms with Gasteiger partial charge < -0.3 is 14.5 Å². The molecule has 0 aromatic heterocycles. The molecule has 0 N–H and O–H groups in total. The van der Waals surface area contributed by atoms with Crippen LogP contribution in [0.5, 0.6) is 5.75 Å². The molecule has 1 aliphatic heterocycles. The largest absolute Gasteiger partial charge is 0.491 e. The summed E-state index contributed by atoms with van der Waals surface area (Å²) in [4.78, 5) is 30.3. The summed E-state index contributed by atoms with van der Waals surface area (Å²) in [5.41, 5.74) is 2.11. The molecule has 0 saturated heterocycles. The molecule has 35 heavy (non-hydrogen) atoms. The summed E-state index contributed by atoms with van der Waals surface area (Å²) in [6.07, 6.45) is 2.14. The monoisotopic (exact) mass is 510 g/mol. The van der Waals surface area contributed by atoms with Crippen LogP contribution in [0.2, 0.25) is 10.0 Å². The Hall–Kier alpha value is -3.02. The molecule has 0 saturated carbocycles. The smallest absolute Gasteiger partial charge is 0.257 e. The van der Waals surface area contributed by atoms with Gasteiger partial charge in [0.25, 0.3) is 11.8 Å². The van der Waals surface area contributed by atoms with E-state index in [0.29, 0.717) is 46.4 Å². The van der Waals surface area contributed by atoms with Crippen molar-refractivity contribution >= 4 is 35.0 Å². The van der Waals surface area contributed by atoms with Gasteiger partial charge in [0, 0.05) is 35.7 Å². The maximum atomic E-state index is 13.7. The fourth-order valence-corrected chi connectivity index (χ4v) is 4.57. The van der Waals surface area contributed by atoms with Crippen LogP contribution in [0.15, 0.2) is 72.8 Å². The first-order chi connectivity index (χ1) is 16.9. The number of amides is 2. The van der Waals surface area contributed by atoms with Gasteiger partial charge in [0.05, 0.1) is 11.6 Å². The Morgan fingerprint density at radius 1 is 0.943 bits per heavy atom. The van der Waals surface area contributed by atoms with Gasteiger partial charge in [-0.05, 0) is 67.3 Å². The van der Waals surface area contributed by atoms with Gasteiger partial charge in [0.1, 0.15) is 12.4 Å². The zero-order chi connectivity index (χ0) is 24.8. The van der Waals surface area contributed by atoms with E-state index < -0.39 is 0 Å². The van der Waals surface area contributed by atoms with Crippen molar-refractivity contribution in [1.82, 2.24) is 9.80 Å². The van der Waals surface area contributed by atoms with Gasteiger partial charge in [0.2, 0.25) is 0 Å². The molecule has 0 spiro atoms. The number of ether oxygens (including phenoxy) is 1. The van der Waals surface area contributed by atoms with Crippen molar-refractivity contribution in [2.75, 3.05) is 26.7 Å². The first kappa shape index (κ1) is 25.1. The van der Waals surface area contributed by atoms with Crippen LogP contribution in [0, 0.1) is 0 Å². The predicted molar refractivity (Wildman–Crippen MR) is 140 cm³/mol. The average molecular weight is 511 g/mol. The number of nitrogens with zero attached hydrogens (tertiary/aromatic N) is 2. The number of carbonyl (C=O) groups excluding carboxylic acids is 2. The third-order valence-electron chi connectivity index (χ3n) is 6.20. The molecule has 3 aromatic rings. The predicted octanol–water partition coefficient (Wildman–Crippen LogP) is 5.99. The molecule has 4 rings (SSSR count). The van der Waals surface area contributed by atoms with Crippen LogP contribution in [-0.4, -0.2) is 54.4 Å². The number of rotatable bonds is 3. The van der Waals surface area contributed by atoms with Crippen molar-refractivity contribution in [2.45, 2.75) is 25.3 Å². The van der Waals surface area contributed by atoms with Gasteiger partial charge in [-0.3, -0.25) is 9.59 Å². The van der Waals surface area contributed by atoms with E-state index >= 15 is 0 Å². The second kappa shape index (κ2) is 11.6. The normalized spacial score (nSPS) is 17.1. The molecular formula is C28H28Cl2N2O3. The Labute approximate surface area is 216 Å². The van der Waals surface area contributed by atoms with Crippen LogP contribution >= 0.6 is 23.2 Å². The SMILES string of the molecule is CN1CCCCN(C(=O)c2ccc(Cl)cc2)[C@@H](Cc2ccccc2)COc2ccc(Cl)cc2C1=O. The van der Waals surface area contributed by atoms with Gasteiger partial charge in [-0.15, -0.1) is 0 Å². The number of hydrogen-bond acceptors (Lipinski definition) is 3. The van der Waals surface area contributed by atoms with Crippen LogP contribution in [0.4, 0.5) is 0 Å². The third kappa shape index (κ3) is 6.36. The lowest BCUT2D eigenvalue weighted by atomic mass is 10.0. The Morgan fingerprint density at radius 3 is 2.37 bits per heavy atom. The zero-order valence-electron chi connectivity index (χ0n) is 19.6. The summed E-state index contributed by atoms with van der Waals surface area (Å²) in [5, 5.41) is 1.06. The minimum Gasteiger partial charge on any atom is -0.491 e. The van der Waals surface area contributed by atoms with Gasteiger partial charge >= 0.3 is 0 Å². The standard InChI is InChI=1S/C28H28Cl2N2O3/c1-31-15-5-6-16-32(27(33)21-9-11-22(29)12-10-21)24(17-20-7-3-2-4-8-20)19-35-26-14-13-23(30)18-25(26)28(31)34/h2-4,7-14,18,24H,5-6,15-17,19H2,1H3/t24-/m0/s1. The van der Waals surface area contributed by atoms with Crippen molar-refractivity contribution in [2.24, 2.45) is 0 Å². The lowest BCUT2D eigenvalue weighted by molar-refractivity contribution is 0.0590. The van der Waals surface area contributed by atoms with Gasteiger partial charge in [-0.25, -0.2) is 0 Å². The highest BCUT2D eigenvalue weighted by atomic mass is 35.5. The fraction of sp³-hybridized carbons (Fsp3) is 0.286. The van der Waals surface area contributed by atoms with Crippen LogP contribution in [0.3, 0.4) is 0 Å². The lowest BCUT2D eigenvalue weighted by Crippen LogP contribution is -2.46. The summed E-state index contributed by atoms with van der Waals surface area (Å²) in [5.74, 6) is 0.268. The van der Waals surface area contributed by atoms with E-state index in [1.807, 2.05) is 35.2 Å². The molecule has 0 fully saturated rings. The molecule has 1 aliphatic rings. The summed E-state index contributed by atoms with van der Waals surface area (Å²) in [6.45, 7) is 1.36. The maximum absolute atomic E-state index is 13.7. The van der Waals surface area contributed by atoms with Crippen molar-refractivity contribution in [1.29, 1.82) is 0 Å². The van der Waals surface area contributed by atoms with Crippen molar-refractivity contribution < 1.29 is 14.3 Å². The topological polar surface area (TPSA) is 49.9 Å². The van der Waals surface area contributed by atoms with E-state index in [4.69, 9.17) is 27.9 Å². The molecule has 0 unspecified atom stereocenters. The van der Waals surface area contributed by atoms with E-state index in [2.05, 4.69) is 0 Å². The van der Waals surface area contributed by atoms with Crippen molar-refractivity contribution in [3.8, 4) is 5.75 Å². The maximum Gasteiger partial charge on any atom is 0.257 e. The number of benzene rings is 3. The fourth-order valence-electron chi connectivity index (χ4n) is 4.27. The molecule has 0 bridgehead atoms. The summed E-state index contributed by atoms with van der Waals surface area (Å²) < 4.78 is 6.23. The highest BCUT2D eigenvalue weighted by molar-refractivity contribution is 6.31. The number of hydrogen-bond donors (Lipinski definition) is 0. The Kier molecular flexibility index (Phi) is 8.32. The molecular weight excluding hydrogens is 483 g/mol. The first-order valence-electron chi connectivity index (χ1n) is 11.7. The van der Waals surface area contributed by atoms with E-state index in [1.165, 1.54) is 0 Å². The minimum absolute atomic E-state index is 0.0657. The summed E-state index contributed by atoms with van der Waals surface area (Å²) >= 11 is 12.3. The highest BCUT2D eigenvalue weighted by Gasteiger charge is 2.27. The van der Waals surface area contributed by atoms with E-state index in [1.54, 1.807) is 54.4 Å². The third-order valence-corrected chi connectivity index (χ3v) is 6.69. The average Bonchev–Trinajstić information content (AvgIpc) is 2.87. The van der Waals surface area contributed by atoms with E-state index in [0.717, 1.165) is 18.4 Å². The number of halogens is 2. The molecule has 1 atom stereocenters. The molecule has 0 radical (unpaired) electrons. The molecule has 1 heterocycles. The number of fused-ring (bicyclic) bond motifs is 1. The van der Waals surface area contributed by atoms with Crippen molar-refractivity contribution in [3.05, 3.63) is 99.5 Å². The zero-order valence-corrected chi connectivity index (χ0v) is 21.1. The minimum atomic E-state index is -0.239. The molecule has 5 nitrogen and oxygen atoms in total. The second-order valence-corrected chi connectivity index (χ2v) is 9.61. The van der Waals surface area contributed by atoms with Crippen LogP contribution in [-0.2, 0) is 6.42 Å². The van der Waals surface area contributed by atoms with Crippen molar-refractivity contribution in [3.63, 3.8) is 0 Å². The quantitative estimate of drug-likeness (QED) is 0.434. The van der Waals surface area contributed by atoms with Crippen LogP contribution in [0.25, 0.3) is 0 Å². The van der Waals surface area contributed by atoms with Gasteiger partial charge in [0.15, 0.2) is 0 Å². The summed E-state index contributed by atoms with van der Waals surface area (Å²) in [6, 6.07) is 21.9. The second-order valence-electron chi connectivity index (χ2n) is 8.73. The molecule has 0 aliphatic carbocycles. The molecule has 3 aromatic carbocycles. The number of carbonyl (C=O) groups is 2. The van der Waals surface area contributed by atoms with Crippen LogP contribution in [0.1, 0.15) is 39.1 Å². The Balaban J connectivity index is 1.70. The summed E-state index contributed by atoms with van der Waals surface area (Å²) in [7, 11) is 1.77. The first-order valence-corrected chi connectivity index (χ1v) is 12.5.